The smallest absolute Gasteiger partial charge is 0.0547 e. The highest BCUT2D eigenvalue weighted by atomic mass is 15.0. The first-order valence-electron chi connectivity index (χ1n) is 17.3. The Morgan fingerprint density at radius 3 is 1.63 bits per heavy atom. The lowest BCUT2D eigenvalue weighted by Gasteiger charge is -2.21. The average molecular weight is 628 g/mol. The van der Waals surface area contributed by atoms with Gasteiger partial charge >= 0.3 is 0 Å². The van der Waals surface area contributed by atoms with E-state index >= 15 is 0 Å². The lowest BCUT2D eigenvalue weighted by atomic mass is 9.83. The third-order valence-corrected chi connectivity index (χ3v) is 10.7. The van der Waals surface area contributed by atoms with Crippen molar-refractivity contribution in [3.8, 4) is 27.9 Å². The quantitative estimate of drug-likeness (QED) is 0.173. The van der Waals surface area contributed by atoms with Gasteiger partial charge in [0.2, 0.25) is 0 Å². The maximum atomic E-state index is 2.45. The summed E-state index contributed by atoms with van der Waals surface area (Å²) in [5, 5.41) is 7.57. The molecular formula is C48H37N. The Morgan fingerprint density at radius 1 is 0.388 bits per heavy atom. The van der Waals surface area contributed by atoms with Crippen molar-refractivity contribution in [2.45, 2.75) is 25.7 Å². The second kappa shape index (κ2) is 12.0. The Balaban J connectivity index is 1.12. The highest BCUT2D eigenvalue weighted by Crippen LogP contribution is 2.41. The van der Waals surface area contributed by atoms with Gasteiger partial charge in [-0.05, 0) is 97.1 Å². The van der Waals surface area contributed by atoms with E-state index in [1.54, 1.807) is 0 Å². The van der Waals surface area contributed by atoms with Crippen molar-refractivity contribution in [3.63, 3.8) is 0 Å². The van der Waals surface area contributed by atoms with Gasteiger partial charge in [-0.2, -0.15) is 0 Å². The van der Waals surface area contributed by atoms with Crippen LogP contribution in [0.25, 0.3) is 71.3 Å². The van der Waals surface area contributed by atoms with Gasteiger partial charge in [-0.1, -0.05) is 159 Å². The van der Waals surface area contributed by atoms with Gasteiger partial charge in [-0.3, -0.25) is 0 Å². The van der Waals surface area contributed by atoms with Gasteiger partial charge in [0.15, 0.2) is 0 Å². The van der Waals surface area contributed by atoms with Gasteiger partial charge in [0.1, 0.15) is 0 Å². The molecule has 2 atom stereocenters. The first-order chi connectivity index (χ1) is 24.1. The van der Waals surface area contributed by atoms with Crippen LogP contribution in [0.5, 0.6) is 0 Å². The fourth-order valence-corrected chi connectivity index (χ4v) is 7.74. The molecule has 0 aliphatic carbocycles. The van der Waals surface area contributed by atoms with Crippen molar-refractivity contribution >= 4 is 43.4 Å². The summed E-state index contributed by atoms with van der Waals surface area (Å²) in [6.07, 6.45) is 0. The predicted octanol–water partition coefficient (Wildman–Crippen LogP) is 13.3. The molecule has 1 nitrogen and oxygen atoms in total. The number of fused-ring (bicyclic) bond motifs is 5. The molecule has 9 rings (SSSR count). The van der Waals surface area contributed by atoms with Crippen molar-refractivity contribution < 1.29 is 0 Å². The zero-order chi connectivity index (χ0) is 32.9. The molecule has 0 aliphatic rings. The van der Waals surface area contributed by atoms with E-state index in [2.05, 4.69) is 194 Å². The second-order valence-electron chi connectivity index (χ2n) is 13.5. The number of rotatable bonds is 6. The number of nitrogens with zero attached hydrogens (tertiary/aromatic N) is 1. The van der Waals surface area contributed by atoms with Gasteiger partial charge in [-0.15, -0.1) is 0 Å². The molecule has 0 saturated heterocycles. The summed E-state index contributed by atoms with van der Waals surface area (Å²) in [7, 11) is 0. The maximum Gasteiger partial charge on any atom is 0.0547 e. The summed E-state index contributed by atoms with van der Waals surface area (Å²) in [5.74, 6) is 0.896. The van der Waals surface area contributed by atoms with E-state index in [9.17, 15) is 0 Å². The molecule has 8 aromatic carbocycles. The molecule has 0 spiro atoms. The molecular weight excluding hydrogens is 591 g/mol. The molecule has 1 heterocycles. The van der Waals surface area contributed by atoms with E-state index in [4.69, 9.17) is 0 Å². The van der Waals surface area contributed by atoms with Crippen molar-refractivity contribution in [2.75, 3.05) is 0 Å². The normalized spacial score (nSPS) is 12.9. The van der Waals surface area contributed by atoms with E-state index in [0.717, 1.165) is 0 Å². The van der Waals surface area contributed by atoms with Gasteiger partial charge in [0.25, 0.3) is 0 Å². The SMILES string of the molecule is CC(c1ccccc1)C(C)c1ccc(-c2ccc(-c3cccc4c3c3cc5ccccc5cc3n4-c3ccc4ccccc4c3)cc2)cc1. The third-order valence-electron chi connectivity index (χ3n) is 10.7. The maximum absolute atomic E-state index is 2.45. The number of aromatic nitrogens is 1. The summed E-state index contributed by atoms with van der Waals surface area (Å²) in [4.78, 5) is 0. The highest BCUT2D eigenvalue weighted by molar-refractivity contribution is 6.18. The minimum atomic E-state index is 0.438. The van der Waals surface area contributed by atoms with Crippen LogP contribution in [-0.2, 0) is 0 Å². The molecule has 0 saturated carbocycles. The largest absolute Gasteiger partial charge is 0.309 e. The summed E-state index contributed by atoms with van der Waals surface area (Å²) in [6, 6.07) is 64.8. The molecule has 49 heavy (non-hydrogen) atoms. The molecule has 0 N–H and O–H groups in total. The first-order valence-corrected chi connectivity index (χ1v) is 17.3. The summed E-state index contributed by atoms with van der Waals surface area (Å²) < 4.78 is 2.45. The van der Waals surface area contributed by atoms with Crippen molar-refractivity contribution in [3.05, 3.63) is 187 Å². The Labute approximate surface area is 287 Å². The van der Waals surface area contributed by atoms with E-state index in [1.807, 2.05) is 0 Å². The molecule has 1 aromatic heterocycles. The number of hydrogen-bond acceptors (Lipinski definition) is 0. The monoisotopic (exact) mass is 627 g/mol. The minimum absolute atomic E-state index is 0.438. The van der Waals surface area contributed by atoms with E-state index in [-0.39, 0.29) is 0 Å². The molecule has 234 valence electrons. The number of benzene rings is 8. The number of hydrogen-bond donors (Lipinski definition) is 0. The average Bonchev–Trinajstić information content (AvgIpc) is 3.50. The molecule has 2 unspecified atom stereocenters. The van der Waals surface area contributed by atoms with E-state index in [1.165, 1.54) is 82.4 Å². The standard InChI is InChI=1S/C48H37N/c1-32(34-11-4-3-5-12-34)33(2)35-19-21-37(22-20-35)38-23-25-39(26-24-38)44-17-10-18-46-48(44)45-30-41-15-8-9-16-42(41)31-47(45)49(46)43-28-27-36-13-6-7-14-40(36)29-43/h3-33H,1-2H3. The molecule has 0 aliphatic heterocycles. The van der Waals surface area contributed by atoms with Gasteiger partial charge in [0, 0.05) is 16.5 Å². The Kier molecular flexibility index (Phi) is 7.13. The van der Waals surface area contributed by atoms with Crippen LogP contribution in [0.15, 0.2) is 176 Å². The Morgan fingerprint density at radius 2 is 0.939 bits per heavy atom. The van der Waals surface area contributed by atoms with Crippen LogP contribution >= 0.6 is 0 Å². The molecule has 9 aromatic rings. The zero-order valence-corrected chi connectivity index (χ0v) is 27.8. The summed E-state index contributed by atoms with van der Waals surface area (Å²) in [5.41, 5.74) is 11.3. The van der Waals surface area contributed by atoms with Crippen molar-refractivity contribution in [1.29, 1.82) is 0 Å². The topological polar surface area (TPSA) is 4.93 Å². The van der Waals surface area contributed by atoms with Crippen molar-refractivity contribution in [1.82, 2.24) is 4.57 Å². The Bertz CT molecular complexity index is 2610. The lowest BCUT2D eigenvalue weighted by molar-refractivity contribution is 0.624. The Hall–Kier alpha value is -5.92. The molecule has 0 radical (unpaired) electrons. The van der Waals surface area contributed by atoms with Crippen LogP contribution in [-0.4, -0.2) is 4.57 Å². The minimum Gasteiger partial charge on any atom is -0.309 e. The van der Waals surface area contributed by atoms with Crippen LogP contribution in [0.1, 0.15) is 36.8 Å². The zero-order valence-electron chi connectivity index (χ0n) is 27.8. The van der Waals surface area contributed by atoms with Gasteiger partial charge < -0.3 is 4.57 Å². The third kappa shape index (κ3) is 5.10. The van der Waals surface area contributed by atoms with Crippen LogP contribution in [0, 0.1) is 0 Å². The summed E-state index contributed by atoms with van der Waals surface area (Å²) >= 11 is 0. The van der Waals surface area contributed by atoms with Crippen molar-refractivity contribution in [2.24, 2.45) is 0 Å². The van der Waals surface area contributed by atoms with E-state index in [0.29, 0.717) is 11.8 Å². The molecule has 0 amide bonds. The molecule has 0 bridgehead atoms. The van der Waals surface area contributed by atoms with Crippen LogP contribution in [0.2, 0.25) is 0 Å². The fourth-order valence-electron chi connectivity index (χ4n) is 7.74. The van der Waals surface area contributed by atoms with Crippen LogP contribution in [0.3, 0.4) is 0 Å². The fraction of sp³-hybridized carbons (Fsp3) is 0.0833. The van der Waals surface area contributed by atoms with Gasteiger partial charge in [-0.25, -0.2) is 0 Å². The van der Waals surface area contributed by atoms with Crippen LogP contribution < -0.4 is 0 Å². The van der Waals surface area contributed by atoms with E-state index < -0.39 is 0 Å². The summed E-state index contributed by atoms with van der Waals surface area (Å²) in [6.45, 7) is 4.66. The lowest BCUT2D eigenvalue weighted by Crippen LogP contribution is -2.04. The first kappa shape index (κ1) is 29.2. The highest BCUT2D eigenvalue weighted by Gasteiger charge is 2.18. The predicted molar refractivity (Wildman–Crippen MR) is 210 cm³/mol. The molecule has 1 heteroatoms. The molecule has 0 fully saturated rings. The van der Waals surface area contributed by atoms with Crippen LogP contribution in [0.4, 0.5) is 0 Å². The second-order valence-corrected chi connectivity index (χ2v) is 13.5. The van der Waals surface area contributed by atoms with Gasteiger partial charge in [0.05, 0.1) is 11.0 Å².